The average molecular weight is 582 g/mol. The largest absolute Gasteiger partial charge is 0.573 e. The highest BCUT2D eigenvalue weighted by molar-refractivity contribution is 7.80. The number of anilines is 1. The highest BCUT2D eigenvalue weighted by Crippen LogP contribution is 2.32. The van der Waals surface area contributed by atoms with Crippen molar-refractivity contribution in [2.75, 3.05) is 18.5 Å². The molecule has 0 aromatic heterocycles. The summed E-state index contributed by atoms with van der Waals surface area (Å²) in [7, 11) is 0. The second-order valence-corrected chi connectivity index (χ2v) is 8.86. The molecule has 1 amide bonds. The zero-order valence-electron chi connectivity index (χ0n) is 20.2. The fourth-order valence-corrected chi connectivity index (χ4v) is 4.16. The zero-order valence-corrected chi connectivity index (χ0v) is 21.0. The number of amides is 1. The Bertz CT molecular complexity index is 1140. The van der Waals surface area contributed by atoms with Gasteiger partial charge in [-0.05, 0) is 68.2 Å². The normalized spacial score (nSPS) is 17.6. The molecular formula is C24H25F6N3O5S. The maximum atomic E-state index is 12.7. The molecule has 39 heavy (non-hydrogen) atoms. The lowest BCUT2D eigenvalue weighted by molar-refractivity contribution is -0.275. The van der Waals surface area contributed by atoms with Gasteiger partial charge in [0.25, 0.3) is 5.91 Å². The number of thiocarbonyl (C=S) groups is 1. The fraction of sp³-hybridized carbons (Fsp3) is 0.417. The lowest BCUT2D eigenvalue weighted by atomic mass is 9.93. The van der Waals surface area contributed by atoms with E-state index < -0.39 is 36.6 Å². The molecule has 8 nitrogen and oxygen atoms in total. The number of carbonyl (C=O) groups is 1. The van der Waals surface area contributed by atoms with Gasteiger partial charge in [-0.15, -0.1) is 26.3 Å². The molecule has 0 bridgehead atoms. The van der Waals surface area contributed by atoms with Crippen molar-refractivity contribution in [2.45, 2.75) is 50.6 Å². The van der Waals surface area contributed by atoms with E-state index >= 15 is 0 Å². The standard InChI is InChI=1S/C24H25F6N3O5S/c25-23(26,27)37-18-3-1-2-15(12-18)33-22(39)32-14-4-6-16(7-5-14)36-17-8-9-20(38-24(28,29)30)19(13-17)21(35)31-10-11-34/h1-3,8-9,12-14,16,34H,4-7,10-11H2,(H,31,35)(H2,32,33,39). The van der Waals surface area contributed by atoms with Gasteiger partial charge in [0, 0.05) is 24.3 Å². The van der Waals surface area contributed by atoms with E-state index in [0.29, 0.717) is 31.4 Å². The minimum Gasteiger partial charge on any atom is -0.490 e. The van der Waals surface area contributed by atoms with Crippen molar-refractivity contribution >= 4 is 28.9 Å². The summed E-state index contributed by atoms with van der Waals surface area (Å²) in [5, 5.41) is 17.3. The zero-order chi connectivity index (χ0) is 28.6. The Morgan fingerprint density at radius 3 is 2.28 bits per heavy atom. The van der Waals surface area contributed by atoms with Gasteiger partial charge in [-0.25, -0.2) is 0 Å². The number of nitrogens with one attached hydrogen (secondary N) is 3. The number of alkyl halides is 6. The Morgan fingerprint density at radius 1 is 0.949 bits per heavy atom. The molecule has 3 rings (SSSR count). The molecule has 214 valence electrons. The first-order valence-corrected chi connectivity index (χ1v) is 12.1. The van der Waals surface area contributed by atoms with Crippen molar-refractivity contribution in [1.29, 1.82) is 0 Å². The van der Waals surface area contributed by atoms with Crippen LogP contribution in [-0.4, -0.2) is 54.1 Å². The van der Waals surface area contributed by atoms with Crippen LogP contribution in [0.4, 0.5) is 32.0 Å². The van der Waals surface area contributed by atoms with Crippen LogP contribution in [0.2, 0.25) is 0 Å². The Hall–Kier alpha value is -3.46. The van der Waals surface area contributed by atoms with Crippen molar-refractivity contribution in [2.24, 2.45) is 0 Å². The van der Waals surface area contributed by atoms with E-state index in [9.17, 15) is 31.1 Å². The Labute approximate surface area is 224 Å². The van der Waals surface area contributed by atoms with E-state index in [1.54, 1.807) is 0 Å². The van der Waals surface area contributed by atoms with E-state index in [0.717, 1.165) is 24.3 Å². The monoisotopic (exact) mass is 581 g/mol. The minimum atomic E-state index is -5.01. The van der Waals surface area contributed by atoms with Crippen molar-refractivity contribution in [3.63, 3.8) is 0 Å². The third-order valence-electron chi connectivity index (χ3n) is 5.46. The van der Waals surface area contributed by atoms with Gasteiger partial charge in [0.05, 0.1) is 18.3 Å². The first-order chi connectivity index (χ1) is 18.3. The highest BCUT2D eigenvalue weighted by atomic mass is 32.1. The van der Waals surface area contributed by atoms with Crippen LogP contribution in [0.25, 0.3) is 0 Å². The second kappa shape index (κ2) is 13.1. The van der Waals surface area contributed by atoms with Crippen molar-refractivity contribution in [1.82, 2.24) is 10.6 Å². The third kappa shape index (κ3) is 10.3. The molecule has 1 fully saturated rings. The summed E-state index contributed by atoms with van der Waals surface area (Å²) in [5.74, 6) is -1.78. The molecule has 4 N–H and O–H groups in total. The van der Waals surface area contributed by atoms with E-state index in [-0.39, 0.29) is 35.3 Å². The quantitative estimate of drug-likeness (QED) is 0.246. The van der Waals surface area contributed by atoms with E-state index in [2.05, 4.69) is 25.4 Å². The topological polar surface area (TPSA) is 101 Å². The number of aliphatic hydroxyl groups excluding tert-OH is 1. The Kier molecular flexibility index (Phi) is 10.1. The summed E-state index contributed by atoms with van der Waals surface area (Å²) < 4.78 is 89.2. The van der Waals surface area contributed by atoms with Gasteiger partial charge in [-0.1, -0.05) is 6.07 Å². The molecular weight excluding hydrogens is 556 g/mol. The molecule has 1 saturated carbocycles. The molecule has 2 aromatic rings. The maximum absolute atomic E-state index is 12.7. The highest BCUT2D eigenvalue weighted by Gasteiger charge is 2.33. The van der Waals surface area contributed by atoms with E-state index in [1.807, 2.05) is 0 Å². The van der Waals surface area contributed by atoms with Crippen LogP contribution >= 0.6 is 12.2 Å². The fourth-order valence-electron chi connectivity index (χ4n) is 3.88. The molecule has 0 radical (unpaired) electrons. The summed E-state index contributed by atoms with van der Waals surface area (Å²) >= 11 is 5.26. The molecule has 0 saturated heterocycles. The molecule has 1 aliphatic carbocycles. The molecule has 0 aliphatic heterocycles. The van der Waals surface area contributed by atoms with Gasteiger partial charge in [-0.3, -0.25) is 4.79 Å². The molecule has 2 aromatic carbocycles. The smallest absolute Gasteiger partial charge is 0.490 e. The number of halogens is 6. The van der Waals surface area contributed by atoms with Gasteiger partial charge in [0.15, 0.2) is 5.11 Å². The summed E-state index contributed by atoms with van der Waals surface area (Å²) in [6.45, 7) is -0.553. The van der Waals surface area contributed by atoms with Gasteiger partial charge >= 0.3 is 12.7 Å². The van der Waals surface area contributed by atoms with Crippen LogP contribution in [0, 0.1) is 0 Å². The summed E-state index contributed by atoms with van der Waals surface area (Å²) in [6, 6.07) is 8.60. The van der Waals surface area contributed by atoms with Crippen LogP contribution < -0.4 is 30.2 Å². The molecule has 15 heteroatoms. The first kappa shape index (κ1) is 30.1. The van der Waals surface area contributed by atoms with Crippen molar-refractivity contribution < 1.29 is 50.5 Å². The number of ether oxygens (including phenoxy) is 3. The van der Waals surface area contributed by atoms with Gasteiger partial charge in [0.1, 0.15) is 17.2 Å². The summed E-state index contributed by atoms with van der Waals surface area (Å²) in [4.78, 5) is 12.3. The number of carbonyl (C=O) groups excluding carboxylic acids is 1. The second-order valence-electron chi connectivity index (χ2n) is 8.45. The number of aliphatic hydroxyl groups is 1. The van der Waals surface area contributed by atoms with Gasteiger partial charge in [0.2, 0.25) is 0 Å². The first-order valence-electron chi connectivity index (χ1n) is 11.7. The summed E-state index contributed by atoms with van der Waals surface area (Å²) in [6.07, 6.45) is -7.77. The summed E-state index contributed by atoms with van der Waals surface area (Å²) in [5.41, 5.74) is -0.0854. The van der Waals surface area contributed by atoms with Crippen LogP contribution in [0.3, 0.4) is 0 Å². The predicted octanol–water partition coefficient (Wildman–Crippen LogP) is 4.88. The predicted molar refractivity (Wildman–Crippen MR) is 132 cm³/mol. The Morgan fingerprint density at radius 2 is 1.64 bits per heavy atom. The molecule has 1 aliphatic rings. The lowest BCUT2D eigenvalue weighted by Crippen LogP contribution is -2.41. The van der Waals surface area contributed by atoms with Crippen LogP contribution in [0.1, 0.15) is 36.0 Å². The van der Waals surface area contributed by atoms with Crippen molar-refractivity contribution in [3.8, 4) is 17.2 Å². The SMILES string of the molecule is O=C(NCCO)c1cc(OC2CCC(NC(=S)Nc3cccc(OC(F)(F)F)c3)CC2)ccc1OC(F)(F)F. The lowest BCUT2D eigenvalue weighted by Gasteiger charge is -2.30. The van der Waals surface area contributed by atoms with Crippen LogP contribution in [-0.2, 0) is 0 Å². The number of rotatable bonds is 9. The Balaban J connectivity index is 1.53. The molecule has 0 spiro atoms. The number of hydrogen-bond donors (Lipinski definition) is 4. The van der Waals surface area contributed by atoms with Crippen molar-refractivity contribution in [3.05, 3.63) is 48.0 Å². The van der Waals surface area contributed by atoms with Crippen LogP contribution in [0.5, 0.6) is 17.2 Å². The van der Waals surface area contributed by atoms with Crippen LogP contribution in [0.15, 0.2) is 42.5 Å². The minimum absolute atomic E-state index is 0.0539. The van der Waals surface area contributed by atoms with Gasteiger partial charge in [-0.2, -0.15) is 0 Å². The molecule has 0 unspecified atom stereocenters. The van der Waals surface area contributed by atoms with E-state index in [4.69, 9.17) is 22.1 Å². The maximum Gasteiger partial charge on any atom is 0.573 e. The number of benzene rings is 2. The average Bonchev–Trinajstić information content (AvgIpc) is 2.83. The molecule has 0 atom stereocenters. The van der Waals surface area contributed by atoms with E-state index in [1.165, 1.54) is 18.2 Å². The third-order valence-corrected chi connectivity index (χ3v) is 5.68. The van der Waals surface area contributed by atoms with Gasteiger partial charge < -0.3 is 35.3 Å². The molecule has 0 heterocycles. The number of hydrogen-bond acceptors (Lipinski definition) is 6.